The number of hydroxylamine groups is 2. The van der Waals surface area contributed by atoms with Crippen molar-refractivity contribution in [3.63, 3.8) is 0 Å². The molecule has 0 bridgehead atoms. The molecule has 0 unspecified atom stereocenters. The van der Waals surface area contributed by atoms with Crippen LogP contribution in [0.1, 0.15) is 19.8 Å². The van der Waals surface area contributed by atoms with E-state index in [4.69, 9.17) is 4.74 Å². The molecule has 1 aromatic rings. The SMILES string of the molecule is CC(=O)N([O-])C[C@@H]1CN(c2ccc(N3CCC(CO)CC3)c(F)c2)C(=O)O1. The molecule has 9 heteroatoms. The number of cyclic esters (lactones) is 1. The third-order valence-electron chi connectivity index (χ3n) is 5.05. The second-order valence-electron chi connectivity index (χ2n) is 6.95. The summed E-state index contributed by atoms with van der Waals surface area (Å²) in [5.74, 6) is -0.847. The predicted octanol–water partition coefficient (Wildman–Crippen LogP) is 1.71. The van der Waals surface area contributed by atoms with Crippen LogP contribution in [0.4, 0.5) is 20.6 Å². The number of hydrogen-bond acceptors (Lipinski definition) is 6. The molecule has 1 atom stereocenters. The van der Waals surface area contributed by atoms with Gasteiger partial charge in [-0.3, -0.25) is 9.69 Å². The zero-order valence-corrected chi connectivity index (χ0v) is 15.1. The van der Waals surface area contributed by atoms with Crippen molar-refractivity contribution >= 4 is 23.4 Å². The van der Waals surface area contributed by atoms with Crippen LogP contribution in [0.25, 0.3) is 0 Å². The van der Waals surface area contributed by atoms with E-state index in [0.717, 1.165) is 19.8 Å². The summed E-state index contributed by atoms with van der Waals surface area (Å²) in [5.41, 5.74) is 0.802. The van der Waals surface area contributed by atoms with Crippen LogP contribution >= 0.6 is 0 Å². The Hall–Kier alpha value is -2.39. The Labute approximate surface area is 156 Å². The number of carbonyl (C=O) groups excluding carboxylic acids is 2. The molecule has 2 amide bonds. The van der Waals surface area contributed by atoms with E-state index in [1.165, 1.54) is 11.0 Å². The molecule has 2 aliphatic heterocycles. The third kappa shape index (κ3) is 4.30. The number of hydrogen-bond donors (Lipinski definition) is 1. The average molecular weight is 380 g/mol. The number of aliphatic hydroxyl groups excluding tert-OH is 1. The highest BCUT2D eigenvalue weighted by Crippen LogP contribution is 2.30. The number of ether oxygens (including phenoxy) is 1. The van der Waals surface area contributed by atoms with Crippen LogP contribution < -0.4 is 9.80 Å². The summed E-state index contributed by atoms with van der Waals surface area (Å²) >= 11 is 0. The molecule has 0 saturated carbocycles. The molecule has 1 N–H and O–H groups in total. The number of benzene rings is 1. The fraction of sp³-hybridized carbons (Fsp3) is 0.556. The maximum absolute atomic E-state index is 14.6. The van der Waals surface area contributed by atoms with Crippen molar-refractivity contribution in [1.82, 2.24) is 5.06 Å². The molecule has 2 aliphatic rings. The summed E-state index contributed by atoms with van der Waals surface area (Å²) in [4.78, 5) is 26.3. The molecule has 2 heterocycles. The fourth-order valence-corrected chi connectivity index (χ4v) is 3.42. The van der Waals surface area contributed by atoms with Crippen LogP contribution in [0.3, 0.4) is 0 Å². The zero-order valence-electron chi connectivity index (χ0n) is 15.1. The molecule has 0 spiro atoms. The maximum Gasteiger partial charge on any atom is 0.414 e. The fourth-order valence-electron chi connectivity index (χ4n) is 3.42. The van der Waals surface area contributed by atoms with Crippen LogP contribution in [-0.4, -0.2) is 61.1 Å². The molecule has 0 radical (unpaired) electrons. The molecule has 8 nitrogen and oxygen atoms in total. The van der Waals surface area contributed by atoms with Gasteiger partial charge in [0, 0.05) is 33.2 Å². The van der Waals surface area contributed by atoms with Gasteiger partial charge in [-0.2, -0.15) is 0 Å². The molecule has 1 aromatic carbocycles. The normalized spacial score (nSPS) is 20.7. The third-order valence-corrected chi connectivity index (χ3v) is 5.05. The van der Waals surface area contributed by atoms with E-state index in [2.05, 4.69) is 0 Å². The van der Waals surface area contributed by atoms with Gasteiger partial charge in [0.1, 0.15) is 11.9 Å². The average Bonchev–Trinajstić information content (AvgIpc) is 3.01. The van der Waals surface area contributed by atoms with Gasteiger partial charge in [-0.05, 0) is 37.0 Å². The van der Waals surface area contributed by atoms with Gasteiger partial charge in [0.25, 0.3) is 0 Å². The quantitative estimate of drug-likeness (QED) is 0.781. The monoisotopic (exact) mass is 380 g/mol. The summed E-state index contributed by atoms with van der Waals surface area (Å²) in [6.45, 7) is 2.44. The van der Waals surface area contributed by atoms with E-state index in [0.29, 0.717) is 24.5 Å². The maximum atomic E-state index is 14.6. The van der Waals surface area contributed by atoms with Gasteiger partial charge in [-0.25, -0.2) is 9.18 Å². The minimum Gasteiger partial charge on any atom is -0.756 e. The van der Waals surface area contributed by atoms with Crippen molar-refractivity contribution < 1.29 is 23.8 Å². The van der Waals surface area contributed by atoms with Crippen molar-refractivity contribution in [1.29, 1.82) is 0 Å². The first kappa shape index (κ1) is 19.4. The number of rotatable bonds is 5. The number of halogens is 1. The van der Waals surface area contributed by atoms with Gasteiger partial charge in [0.2, 0.25) is 5.91 Å². The molecular weight excluding hydrogens is 357 g/mol. The van der Waals surface area contributed by atoms with E-state index in [9.17, 15) is 24.3 Å². The first-order valence-corrected chi connectivity index (χ1v) is 8.97. The minimum atomic E-state index is -0.751. The van der Waals surface area contributed by atoms with Crippen LogP contribution in [-0.2, 0) is 9.53 Å². The van der Waals surface area contributed by atoms with Gasteiger partial charge in [-0.15, -0.1) is 0 Å². The highest BCUT2D eigenvalue weighted by atomic mass is 19.1. The zero-order chi connectivity index (χ0) is 19.6. The lowest BCUT2D eigenvalue weighted by molar-refractivity contribution is -0.127. The second kappa shape index (κ2) is 8.10. The summed E-state index contributed by atoms with van der Waals surface area (Å²) < 4.78 is 19.7. The van der Waals surface area contributed by atoms with E-state index >= 15 is 0 Å². The Kier molecular flexibility index (Phi) is 5.81. The Morgan fingerprint density at radius 3 is 2.70 bits per heavy atom. The van der Waals surface area contributed by atoms with E-state index in [1.807, 2.05) is 4.90 Å². The van der Waals surface area contributed by atoms with Crippen molar-refractivity contribution in [3.8, 4) is 0 Å². The second-order valence-corrected chi connectivity index (χ2v) is 6.95. The highest BCUT2D eigenvalue weighted by molar-refractivity contribution is 5.90. The van der Waals surface area contributed by atoms with Crippen LogP contribution in [0.2, 0.25) is 0 Å². The van der Waals surface area contributed by atoms with Crippen molar-refractivity contribution in [2.75, 3.05) is 42.6 Å². The standard InChI is InChI=1S/C18H23FN3O5/c1-12(24)22(26)10-15-9-21(18(25)27-15)14-2-3-17(16(19)8-14)20-6-4-13(11-23)5-7-20/h2-3,8,13,15,23H,4-7,9-11H2,1H3/q-1/t15-/m0/s1. The molecule has 2 saturated heterocycles. The minimum absolute atomic E-state index is 0.0749. The number of amides is 2. The topological polar surface area (TPSA) is 96.4 Å². The van der Waals surface area contributed by atoms with Gasteiger partial charge in [0.05, 0.1) is 17.9 Å². The summed E-state index contributed by atoms with van der Waals surface area (Å²) in [7, 11) is 0. The highest BCUT2D eigenvalue weighted by Gasteiger charge is 2.33. The van der Waals surface area contributed by atoms with Crippen molar-refractivity contribution in [2.45, 2.75) is 25.9 Å². The smallest absolute Gasteiger partial charge is 0.414 e. The Morgan fingerprint density at radius 2 is 2.11 bits per heavy atom. The van der Waals surface area contributed by atoms with Gasteiger partial charge < -0.3 is 25.0 Å². The molecule has 3 rings (SSSR count). The molecular formula is C18H23FN3O5-. The number of nitrogens with zero attached hydrogens (tertiary/aromatic N) is 3. The van der Waals surface area contributed by atoms with Gasteiger partial charge in [-0.1, -0.05) is 0 Å². The molecule has 27 heavy (non-hydrogen) atoms. The van der Waals surface area contributed by atoms with Gasteiger partial charge >= 0.3 is 6.09 Å². The van der Waals surface area contributed by atoms with Crippen molar-refractivity contribution in [3.05, 3.63) is 29.2 Å². The van der Waals surface area contributed by atoms with Gasteiger partial charge in [0.15, 0.2) is 0 Å². The lowest BCUT2D eigenvalue weighted by Gasteiger charge is -2.33. The molecule has 148 valence electrons. The van der Waals surface area contributed by atoms with E-state index in [-0.39, 0.29) is 30.7 Å². The summed E-state index contributed by atoms with van der Waals surface area (Å²) in [6.07, 6.45) is 0.186. The predicted molar refractivity (Wildman–Crippen MR) is 96.8 cm³/mol. The van der Waals surface area contributed by atoms with Crippen LogP contribution in [0.5, 0.6) is 0 Å². The largest absolute Gasteiger partial charge is 0.756 e. The van der Waals surface area contributed by atoms with Crippen LogP contribution in [0, 0.1) is 16.9 Å². The Morgan fingerprint density at radius 1 is 1.41 bits per heavy atom. The number of anilines is 2. The Bertz CT molecular complexity index is 708. The summed E-state index contributed by atoms with van der Waals surface area (Å²) in [6, 6.07) is 4.54. The summed E-state index contributed by atoms with van der Waals surface area (Å²) in [5, 5.41) is 20.9. The number of aliphatic hydroxyl groups is 1. The lowest BCUT2D eigenvalue weighted by Crippen LogP contribution is -2.35. The van der Waals surface area contributed by atoms with Crippen molar-refractivity contribution in [2.24, 2.45) is 5.92 Å². The molecule has 2 fully saturated rings. The first-order chi connectivity index (χ1) is 12.9. The molecule has 0 aliphatic carbocycles. The molecule has 0 aromatic heterocycles. The first-order valence-electron chi connectivity index (χ1n) is 8.97. The Balaban J connectivity index is 1.67. The van der Waals surface area contributed by atoms with Crippen LogP contribution in [0.15, 0.2) is 18.2 Å². The lowest BCUT2D eigenvalue weighted by atomic mass is 9.97. The number of carbonyl (C=O) groups is 2. The van der Waals surface area contributed by atoms with E-state index in [1.54, 1.807) is 12.1 Å². The van der Waals surface area contributed by atoms with E-state index < -0.39 is 23.9 Å². The number of piperidine rings is 1.